The van der Waals surface area contributed by atoms with Crippen LogP contribution in [0.2, 0.25) is 0 Å². The first-order chi connectivity index (χ1) is 10.5. The van der Waals surface area contributed by atoms with E-state index >= 15 is 0 Å². The van der Waals surface area contributed by atoms with Crippen LogP contribution < -0.4 is 5.14 Å². The van der Waals surface area contributed by atoms with Gasteiger partial charge in [-0.1, -0.05) is 12.1 Å². The molecule has 2 aromatic heterocycles. The number of aromatic nitrogens is 6. The van der Waals surface area contributed by atoms with E-state index < -0.39 is 10.0 Å². The Morgan fingerprint density at radius 3 is 2.68 bits per heavy atom. The van der Waals surface area contributed by atoms with Gasteiger partial charge in [0.05, 0.1) is 28.0 Å². The minimum absolute atomic E-state index is 0.0909. The lowest BCUT2D eigenvalue weighted by Crippen LogP contribution is -2.14. The number of hydrogen-bond donors (Lipinski definition) is 2. The maximum Gasteiger partial charge on any atom is 0.238 e. The third-order valence-corrected chi connectivity index (χ3v) is 3.90. The topological polar surface area (TPSA) is 140 Å². The number of hydrogen-bond acceptors (Lipinski definition) is 7. The van der Waals surface area contributed by atoms with Gasteiger partial charge < -0.3 is 0 Å². The largest absolute Gasteiger partial charge is 0.261 e. The summed E-state index contributed by atoms with van der Waals surface area (Å²) in [6.45, 7) is 1.79. The van der Waals surface area contributed by atoms with Crippen molar-refractivity contribution in [2.75, 3.05) is 0 Å². The zero-order valence-corrected chi connectivity index (χ0v) is 12.2. The van der Waals surface area contributed by atoms with E-state index in [1.165, 1.54) is 12.3 Å². The maximum atomic E-state index is 11.9. The van der Waals surface area contributed by atoms with E-state index in [1.807, 2.05) is 0 Å². The summed E-state index contributed by atoms with van der Waals surface area (Å²) in [4.78, 5) is 8.34. The molecular weight excluding hydrogens is 306 g/mol. The Labute approximate surface area is 125 Å². The Balaban J connectivity index is 2.36. The summed E-state index contributed by atoms with van der Waals surface area (Å²) in [5.74, 6) is 0.183. The average molecular weight is 317 g/mol. The molecule has 0 amide bonds. The average Bonchev–Trinajstić information content (AvgIpc) is 2.99. The van der Waals surface area contributed by atoms with Gasteiger partial charge in [0.2, 0.25) is 10.0 Å². The van der Waals surface area contributed by atoms with Gasteiger partial charge >= 0.3 is 0 Å². The van der Waals surface area contributed by atoms with Crippen LogP contribution in [0.5, 0.6) is 0 Å². The molecule has 112 valence electrons. The van der Waals surface area contributed by atoms with Gasteiger partial charge in [0.1, 0.15) is 0 Å². The number of nitrogens with one attached hydrogen (secondary N) is 1. The van der Waals surface area contributed by atoms with Gasteiger partial charge in [0, 0.05) is 11.8 Å². The number of aryl methyl sites for hydroxylation is 1. The predicted octanol–water partition coefficient (Wildman–Crippen LogP) is 0.280. The molecular formula is C12H11N7O2S. The highest BCUT2D eigenvalue weighted by Crippen LogP contribution is 2.33. The van der Waals surface area contributed by atoms with Gasteiger partial charge in [0.15, 0.2) is 5.82 Å². The van der Waals surface area contributed by atoms with Crippen LogP contribution in [0.25, 0.3) is 22.6 Å². The third kappa shape index (κ3) is 2.56. The first kappa shape index (κ1) is 14.2. The smallest absolute Gasteiger partial charge is 0.238 e. The molecule has 0 aliphatic carbocycles. The first-order valence-corrected chi connectivity index (χ1v) is 7.70. The van der Waals surface area contributed by atoms with Gasteiger partial charge in [-0.2, -0.15) is 0 Å². The molecule has 10 heteroatoms. The predicted molar refractivity (Wildman–Crippen MR) is 76.7 cm³/mol. The quantitative estimate of drug-likeness (QED) is 0.706. The van der Waals surface area contributed by atoms with Crippen molar-refractivity contribution in [3.05, 3.63) is 36.3 Å². The van der Waals surface area contributed by atoms with Gasteiger partial charge in [-0.15, -0.1) is 5.10 Å². The van der Waals surface area contributed by atoms with Crippen molar-refractivity contribution in [2.24, 2.45) is 5.14 Å². The minimum atomic E-state index is -3.96. The van der Waals surface area contributed by atoms with E-state index in [-0.39, 0.29) is 16.3 Å². The molecule has 3 aromatic rings. The highest BCUT2D eigenvalue weighted by atomic mass is 32.2. The number of nitrogens with two attached hydrogens (primary N) is 1. The molecule has 3 rings (SSSR count). The Hall–Kier alpha value is -2.72. The second-order valence-corrected chi connectivity index (χ2v) is 6.05. The molecule has 0 aliphatic heterocycles. The summed E-state index contributed by atoms with van der Waals surface area (Å²) >= 11 is 0. The third-order valence-electron chi connectivity index (χ3n) is 2.95. The molecule has 1 aromatic carbocycles. The summed E-state index contributed by atoms with van der Waals surface area (Å²) in [6, 6.07) is 4.67. The number of H-pyrrole nitrogens is 1. The summed E-state index contributed by atoms with van der Waals surface area (Å²) in [7, 11) is -3.96. The van der Waals surface area contributed by atoms with Crippen LogP contribution in [-0.2, 0) is 10.0 Å². The van der Waals surface area contributed by atoms with E-state index in [0.29, 0.717) is 17.0 Å². The fraction of sp³-hybridized carbons (Fsp3) is 0.0833. The fourth-order valence-corrected chi connectivity index (χ4v) is 2.84. The summed E-state index contributed by atoms with van der Waals surface area (Å²) in [6.07, 6.45) is 3.13. The monoisotopic (exact) mass is 317 g/mol. The molecule has 22 heavy (non-hydrogen) atoms. The Bertz CT molecular complexity index is 922. The molecule has 3 N–H and O–H groups in total. The van der Waals surface area contributed by atoms with Crippen LogP contribution >= 0.6 is 0 Å². The molecule has 0 atom stereocenters. The zero-order valence-electron chi connectivity index (χ0n) is 11.4. The van der Waals surface area contributed by atoms with E-state index in [9.17, 15) is 8.42 Å². The number of rotatable bonds is 3. The Morgan fingerprint density at radius 2 is 2.05 bits per heavy atom. The number of primary sulfonamides is 1. The Morgan fingerprint density at radius 1 is 1.23 bits per heavy atom. The molecule has 0 bridgehead atoms. The highest BCUT2D eigenvalue weighted by Gasteiger charge is 2.22. The highest BCUT2D eigenvalue weighted by molar-refractivity contribution is 7.89. The lowest BCUT2D eigenvalue weighted by atomic mass is 10.0. The lowest BCUT2D eigenvalue weighted by molar-refractivity contribution is 0.598. The van der Waals surface area contributed by atoms with Crippen LogP contribution in [0.3, 0.4) is 0 Å². The molecule has 0 unspecified atom stereocenters. The van der Waals surface area contributed by atoms with Crippen LogP contribution in [0, 0.1) is 6.92 Å². The van der Waals surface area contributed by atoms with Crippen molar-refractivity contribution >= 4 is 10.0 Å². The van der Waals surface area contributed by atoms with Crippen LogP contribution in [0.15, 0.2) is 35.5 Å². The summed E-state index contributed by atoms with van der Waals surface area (Å²) in [5.41, 5.74) is 1.97. The van der Waals surface area contributed by atoms with Crippen molar-refractivity contribution in [3.8, 4) is 22.6 Å². The molecule has 2 heterocycles. The van der Waals surface area contributed by atoms with Gasteiger partial charge in [-0.05, 0) is 23.4 Å². The normalized spacial score (nSPS) is 11.5. The van der Waals surface area contributed by atoms with Crippen molar-refractivity contribution in [3.63, 3.8) is 0 Å². The van der Waals surface area contributed by atoms with Gasteiger partial charge in [-0.25, -0.2) is 23.6 Å². The summed E-state index contributed by atoms with van der Waals surface area (Å²) in [5, 5.41) is 18.6. The first-order valence-electron chi connectivity index (χ1n) is 6.16. The molecule has 9 nitrogen and oxygen atoms in total. The van der Waals surface area contributed by atoms with Crippen LogP contribution in [0.1, 0.15) is 5.69 Å². The SMILES string of the molecule is Cc1cncc(-c2cccc(S(N)(=O)=O)c2-c2nnn[nH]2)n1. The van der Waals surface area contributed by atoms with Crippen LogP contribution in [-0.4, -0.2) is 39.0 Å². The van der Waals surface area contributed by atoms with E-state index in [0.717, 1.165) is 0 Å². The second-order valence-electron chi connectivity index (χ2n) is 4.52. The molecule has 0 fully saturated rings. The van der Waals surface area contributed by atoms with Gasteiger partial charge in [-0.3, -0.25) is 4.98 Å². The standard InChI is InChI=1S/C12H11N7O2S/c1-7-5-14-6-9(15-7)8-3-2-4-10(22(13,20)21)11(8)12-16-18-19-17-12/h2-6H,1H3,(H2,13,20,21)(H,16,17,18,19). The van der Waals surface area contributed by atoms with Gasteiger partial charge in [0.25, 0.3) is 0 Å². The zero-order chi connectivity index (χ0) is 15.7. The number of sulfonamides is 1. The number of aromatic amines is 1. The van der Waals surface area contributed by atoms with E-state index in [1.54, 1.807) is 25.3 Å². The Kier molecular flexibility index (Phi) is 3.39. The van der Waals surface area contributed by atoms with Crippen LogP contribution in [0.4, 0.5) is 0 Å². The van der Waals surface area contributed by atoms with E-state index in [4.69, 9.17) is 5.14 Å². The minimum Gasteiger partial charge on any atom is -0.261 e. The number of benzene rings is 1. The van der Waals surface area contributed by atoms with Crippen molar-refractivity contribution in [1.29, 1.82) is 0 Å². The maximum absolute atomic E-state index is 11.9. The van der Waals surface area contributed by atoms with E-state index in [2.05, 4.69) is 30.6 Å². The molecule has 0 radical (unpaired) electrons. The molecule has 0 aliphatic rings. The van der Waals surface area contributed by atoms with Crippen molar-refractivity contribution in [2.45, 2.75) is 11.8 Å². The fourth-order valence-electron chi connectivity index (χ4n) is 2.08. The van der Waals surface area contributed by atoms with Crippen molar-refractivity contribution < 1.29 is 8.42 Å². The molecule has 0 saturated carbocycles. The second kappa shape index (κ2) is 5.24. The number of nitrogens with zero attached hydrogens (tertiary/aromatic N) is 5. The molecule has 0 saturated heterocycles. The molecule has 0 spiro atoms. The lowest BCUT2D eigenvalue weighted by Gasteiger charge is -2.10. The number of tetrazole rings is 1. The van der Waals surface area contributed by atoms with Crippen molar-refractivity contribution in [1.82, 2.24) is 30.6 Å². The summed E-state index contributed by atoms with van der Waals surface area (Å²) < 4.78 is 23.7.